The highest BCUT2D eigenvalue weighted by molar-refractivity contribution is 7.18. The van der Waals surface area contributed by atoms with Crippen LogP contribution in [0.5, 0.6) is 0 Å². The number of hydrogen-bond acceptors (Lipinski definition) is 3. The molecule has 0 N–H and O–H groups in total. The van der Waals surface area contributed by atoms with E-state index in [1.54, 1.807) is 0 Å². The van der Waals surface area contributed by atoms with Gasteiger partial charge in [-0.3, -0.25) is 4.90 Å². The molecule has 0 atom stereocenters. The Kier molecular flexibility index (Phi) is 4.72. The molecule has 0 saturated heterocycles. The van der Waals surface area contributed by atoms with Gasteiger partial charge in [0, 0.05) is 0 Å². The summed E-state index contributed by atoms with van der Waals surface area (Å²) in [5, 5.41) is 1.23. The van der Waals surface area contributed by atoms with Gasteiger partial charge >= 0.3 is 0 Å². The summed E-state index contributed by atoms with van der Waals surface area (Å²) in [7, 11) is 2.19. The molecule has 2 nitrogen and oxygen atoms in total. The topological polar surface area (TPSA) is 16.1 Å². The van der Waals surface area contributed by atoms with Gasteiger partial charge < -0.3 is 0 Å². The minimum atomic E-state index is 0.806. The highest BCUT2D eigenvalue weighted by Gasteiger charge is 2.06. The summed E-state index contributed by atoms with van der Waals surface area (Å²) in [5.74, 6) is 0.806. The molecule has 0 unspecified atom stereocenters. The smallest absolute Gasteiger partial charge is 0.108 e. The fourth-order valence-corrected chi connectivity index (χ4v) is 3.11. The lowest BCUT2D eigenvalue weighted by molar-refractivity contribution is 0.310. The number of benzene rings is 1. The van der Waals surface area contributed by atoms with Crippen LogP contribution in [-0.2, 0) is 6.54 Å². The number of nitrogens with zero attached hydrogens (tertiary/aromatic N) is 2. The molecule has 0 aliphatic carbocycles. The van der Waals surface area contributed by atoms with Crippen LogP contribution in [0.1, 0.15) is 31.7 Å². The monoisotopic (exact) mass is 262 g/mol. The molecule has 1 aromatic carbocycles. The summed E-state index contributed by atoms with van der Waals surface area (Å²) < 4.78 is 1.29. The van der Waals surface area contributed by atoms with Gasteiger partial charge in [-0.15, -0.1) is 11.3 Å². The number of rotatable bonds is 6. The van der Waals surface area contributed by atoms with Crippen molar-refractivity contribution >= 4 is 21.6 Å². The molecule has 98 valence electrons. The minimum Gasteiger partial charge on any atom is -0.300 e. The van der Waals surface area contributed by atoms with Crippen molar-refractivity contribution in [1.82, 2.24) is 9.88 Å². The van der Waals surface area contributed by atoms with Gasteiger partial charge in [-0.1, -0.05) is 26.0 Å². The first-order valence-corrected chi connectivity index (χ1v) is 7.50. The Morgan fingerprint density at radius 2 is 2.06 bits per heavy atom. The Balaban J connectivity index is 1.88. The molecular formula is C15H22N2S. The quantitative estimate of drug-likeness (QED) is 0.777. The SMILES string of the molecule is CC(C)CCCN(C)Cc1nc2ccccc2s1. The van der Waals surface area contributed by atoms with Gasteiger partial charge in [-0.25, -0.2) is 4.98 Å². The van der Waals surface area contributed by atoms with E-state index in [1.165, 1.54) is 22.5 Å². The van der Waals surface area contributed by atoms with Crippen molar-refractivity contribution in [3.05, 3.63) is 29.3 Å². The third-order valence-corrected chi connectivity index (χ3v) is 4.09. The van der Waals surface area contributed by atoms with Crippen molar-refractivity contribution in [1.29, 1.82) is 0 Å². The average molecular weight is 262 g/mol. The Morgan fingerprint density at radius 3 is 2.78 bits per heavy atom. The predicted molar refractivity (Wildman–Crippen MR) is 80.0 cm³/mol. The summed E-state index contributed by atoms with van der Waals surface area (Å²) in [5.41, 5.74) is 1.13. The van der Waals surface area contributed by atoms with Crippen LogP contribution in [0.15, 0.2) is 24.3 Å². The number of para-hydroxylation sites is 1. The van der Waals surface area contributed by atoms with Gasteiger partial charge in [0.25, 0.3) is 0 Å². The summed E-state index contributed by atoms with van der Waals surface area (Å²) in [6.07, 6.45) is 2.59. The fraction of sp³-hybridized carbons (Fsp3) is 0.533. The standard InChI is InChI=1S/C15H22N2S/c1-12(2)7-6-10-17(3)11-15-16-13-8-4-5-9-14(13)18-15/h4-5,8-9,12H,6-7,10-11H2,1-3H3. The normalized spacial score (nSPS) is 11.8. The van der Waals surface area contributed by atoms with Crippen molar-refractivity contribution in [3.63, 3.8) is 0 Å². The van der Waals surface area contributed by atoms with Crippen LogP contribution in [0.3, 0.4) is 0 Å². The average Bonchev–Trinajstić information content (AvgIpc) is 2.70. The molecular weight excluding hydrogens is 240 g/mol. The van der Waals surface area contributed by atoms with Crippen molar-refractivity contribution in [2.24, 2.45) is 5.92 Å². The maximum atomic E-state index is 4.67. The first-order chi connectivity index (χ1) is 8.65. The van der Waals surface area contributed by atoms with Crippen LogP contribution in [-0.4, -0.2) is 23.5 Å². The lowest BCUT2D eigenvalue weighted by Crippen LogP contribution is -2.19. The van der Waals surface area contributed by atoms with Gasteiger partial charge in [0.05, 0.1) is 16.8 Å². The molecule has 1 heterocycles. The van der Waals surface area contributed by atoms with Crippen molar-refractivity contribution in [3.8, 4) is 0 Å². The third-order valence-electron chi connectivity index (χ3n) is 3.06. The van der Waals surface area contributed by atoms with E-state index >= 15 is 0 Å². The lowest BCUT2D eigenvalue weighted by atomic mass is 10.1. The van der Waals surface area contributed by atoms with E-state index in [0.717, 1.165) is 24.5 Å². The number of fused-ring (bicyclic) bond motifs is 1. The summed E-state index contributed by atoms with van der Waals surface area (Å²) in [6.45, 7) is 6.70. The van der Waals surface area contributed by atoms with Crippen LogP contribution in [0.2, 0.25) is 0 Å². The lowest BCUT2D eigenvalue weighted by Gasteiger charge is -2.15. The van der Waals surface area contributed by atoms with E-state index in [2.05, 4.69) is 55.0 Å². The molecule has 2 rings (SSSR count). The molecule has 0 fully saturated rings. The fourth-order valence-electron chi connectivity index (χ4n) is 2.07. The molecule has 0 amide bonds. The highest BCUT2D eigenvalue weighted by atomic mass is 32.1. The number of hydrogen-bond donors (Lipinski definition) is 0. The van der Waals surface area contributed by atoms with E-state index in [-0.39, 0.29) is 0 Å². The van der Waals surface area contributed by atoms with Crippen LogP contribution >= 0.6 is 11.3 Å². The summed E-state index contributed by atoms with van der Waals surface area (Å²) in [6, 6.07) is 8.37. The second-order valence-electron chi connectivity index (χ2n) is 5.35. The van der Waals surface area contributed by atoms with Crippen LogP contribution in [0.4, 0.5) is 0 Å². The Hall–Kier alpha value is -0.930. The van der Waals surface area contributed by atoms with Crippen LogP contribution in [0.25, 0.3) is 10.2 Å². The van der Waals surface area contributed by atoms with Crippen LogP contribution < -0.4 is 0 Å². The molecule has 0 saturated carbocycles. The first kappa shape index (κ1) is 13.5. The molecule has 0 bridgehead atoms. The van der Waals surface area contributed by atoms with E-state index in [1.807, 2.05) is 11.3 Å². The predicted octanol–water partition coefficient (Wildman–Crippen LogP) is 4.16. The van der Waals surface area contributed by atoms with Gasteiger partial charge in [0.15, 0.2) is 0 Å². The second-order valence-corrected chi connectivity index (χ2v) is 6.46. The third kappa shape index (κ3) is 3.79. The zero-order chi connectivity index (χ0) is 13.0. The molecule has 1 aromatic heterocycles. The molecule has 3 heteroatoms. The highest BCUT2D eigenvalue weighted by Crippen LogP contribution is 2.22. The zero-order valence-corrected chi connectivity index (χ0v) is 12.3. The molecule has 2 aromatic rings. The molecule has 0 aliphatic rings. The summed E-state index contributed by atoms with van der Waals surface area (Å²) >= 11 is 1.81. The van der Waals surface area contributed by atoms with E-state index in [0.29, 0.717) is 0 Å². The molecule has 0 aliphatic heterocycles. The largest absolute Gasteiger partial charge is 0.300 e. The summed E-state index contributed by atoms with van der Waals surface area (Å²) in [4.78, 5) is 7.05. The molecule has 18 heavy (non-hydrogen) atoms. The zero-order valence-electron chi connectivity index (χ0n) is 11.5. The Bertz CT molecular complexity index is 457. The van der Waals surface area contributed by atoms with Gasteiger partial charge in [-0.2, -0.15) is 0 Å². The number of aromatic nitrogens is 1. The van der Waals surface area contributed by atoms with E-state index < -0.39 is 0 Å². The molecule has 0 radical (unpaired) electrons. The maximum absolute atomic E-state index is 4.67. The van der Waals surface area contributed by atoms with E-state index in [4.69, 9.17) is 0 Å². The Labute approximate surface area is 114 Å². The second kappa shape index (κ2) is 6.30. The van der Waals surface area contributed by atoms with Crippen molar-refractivity contribution in [2.45, 2.75) is 33.2 Å². The van der Waals surface area contributed by atoms with E-state index in [9.17, 15) is 0 Å². The van der Waals surface area contributed by atoms with Crippen molar-refractivity contribution in [2.75, 3.05) is 13.6 Å². The minimum absolute atomic E-state index is 0.806. The number of thiazole rings is 1. The van der Waals surface area contributed by atoms with Gasteiger partial charge in [-0.05, 0) is 44.5 Å². The first-order valence-electron chi connectivity index (χ1n) is 6.68. The van der Waals surface area contributed by atoms with Gasteiger partial charge in [0.1, 0.15) is 5.01 Å². The van der Waals surface area contributed by atoms with Crippen LogP contribution in [0, 0.1) is 5.92 Å². The van der Waals surface area contributed by atoms with Crippen molar-refractivity contribution < 1.29 is 0 Å². The van der Waals surface area contributed by atoms with Gasteiger partial charge in [0.2, 0.25) is 0 Å². The molecule has 0 spiro atoms. The Morgan fingerprint density at radius 1 is 1.28 bits per heavy atom. The maximum Gasteiger partial charge on any atom is 0.108 e.